The number of hydrogen-bond acceptors (Lipinski definition) is 5. The lowest BCUT2D eigenvalue weighted by Gasteiger charge is -2.36. The van der Waals surface area contributed by atoms with Gasteiger partial charge in [-0.05, 0) is 37.6 Å². The zero-order valence-electron chi connectivity index (χ0n) is 16.3. The molecule has 0 radical (unpaired) electrons. The molecule has 0 bridgehead atoms. The van der Waals surface area contributed by atoms with Crippen LogP contribution in [0.15, 0.2) is 42.6 Å². The Morgan fingerprint density at radius 2 is 1.93 bits per heavy atom. The van der Waals surface area contributed by atoms with Crippen LogP contribution >= 0.6 is 0 Å². The van der Waals surface area contributed by atoms with Crippen LogP contribution in [0, 0.1) is 0 Å². The molecule has 0 spiro atoms. The van der Waals surface area contributed by atoms with Crippen molar-refractivity contribution in [1.29, 1.82) is 0 Å². The van der Waals surface area contributed by atoms with E-state index in [0.717, 1.165) is 36.8 Å². The van der Waals surface area contributed by atoms with Crippen LogP contribution in [0.25, 0.3) is 0 Å². The van der Waals surface area contributed by atoms with Crippen molar-refractivity contribution in [3.8, 4) is 5.75 Å². The lowest BCUT2D eigenvalue weighted by molar-refractivity contribution is 0.0746. The second-order valence-electron chi connectivity index (χ2n) is 6.84. The van der Waals surface area contributed by atoms with Gasteiger partial charge < -0.3 is 19.9 Å². The van der Waals surface area contributed by atoms with E-state index >= 15 is 0 Å². The fourth-order valence-electron chi connectivity index (χ4n) is 3.18. The highest BCUT2D eigenvalue weighted by molar-refractivity contribution is 5.94. The van der Waals surface area contributed by atoms with Gasteiger partial charge in [-0.15, -0.1) is 0 Å². The van der Waals surface area contributed by atoms with Crippen molar-refractivity contribution in [2.24, 2.45) is 0 Å². The lowest BCUT2D eigenvalue weighted by atomic mass is 10.2. The third-order valence-corrected chi connectivity index (χ3v) is 5.01. The van der Waals surface area contributed by atoms with Crippen molar-refractivity contribution in [3.05, 3.63) is 48.2 Å². The van der Waals surface area contributed by atoms with E-state index in [-0.39, 0.29) is 5.91 Å². The van der Waals surface area contributed by atoms with E-state index < -0.39 is 0 Å². The molecule has 2 aromatic rings. The first-order chi connectivity index (χ1) is 13.1. The maximum atomic E-state index is 12.8. The van der Waals surface area contributed by atoms with E-state index in [2.05, 4.69) is 35.1 Å². The summed E-state index contributed by atoms with van der Waals surface area (Å²) in [4.78, 5) is 21.3. The van der Waals surface area contributed by atoms with E-state index in [0.29, 0.717) is 24.7 Å². The summed E-state index contributed by atoms with van der Waals surface area (Å²) >= 11 is 0. The number of pyridine rings is 1. The van der Waals surface area contributed by atoms with Crippen molar-refractivity contribution in [2.45, 2.75) is 26.3 Å². The molecule has 1 atom stereocenters. The normalized spacial score (nSPS) is 15.4. The van der Waals surface area contributed by atoms with Gasteiger partial charge in [-0.25, -0.2) is 4.98 Å². The third kappa shape index (κ3) is 4.51. The van der Waals surface area contributed by atoms with Crippen molar-refractivity contribution < 1.29 is 9.53 Å². The predicted octanol–water partition coefficient (Wildman–Crippen LogP) is 3.26. The Bertz CT molecular complexity index is 755. The van der Waals surface area contributed by atoms with Crippen LogP contribution in [0.3, 0.4) is 0 Å². The van der Waals surface area contributed by atoms with E-state index in [9.17, 15) is 4.79 Å². The zero-order chi connectivity index (χ0) is 19.2. The summed E-state index contributed by atoms with van der Waals surface area (Å²) in [6.45, 7) is 7.18. The van der Waals surface area contributed by atoms with Gasteiger partial charge in [0.15, 0.2) is 0 Å². The first kappa shape index (κ1) is 19.0. The van der Waals surface area contributed by atoms with Gasteiger partial charge in [0, 0.05) is 38.4 Å². The summed E-state index contributed by atoms with van der Waals surface area (Å²) in [7, 11) is 1.69. The molecule has 0 saturated carbocycles. The Balaban J connectivity index is 1.60. The number of nitrogens with zero attached hydrogens (tertiary/aromatic N) is 3. The fourth-order valence-corrected chi connectivity index (χ4v) is 3.18. The second-order valence-corrected chi connectivity index (χ2v) is 6.84. The average Bonchev–Trinajstić information content (AvgIpc) is 2.73. The van der Waals surface area contributed by atoms with Crippen LogP contribution in [0.4, 0.5) is 11.5 Å². The molecular weight excluding hydrogens is 340 g/mol. The number of anilines is 2. The average molecular weight is 368 g/mol. The molecule has 1 aromatic heterocycles. The van der Waals surface area contributed by atoms with Crippen LogP contribution in [0.1, 0.15) is 30.6 Å². The molecule has 1 unspecified atom stereocenters. The van der Waals surface area contributed by atoms with Crippen molar-refractivity contribution in [2.75, 3.05) is 43.5 Å². The van der Waals surface area contributed by atoms with Gasteiger partial charge in [0.1, 0.15) is 11.6 Å². The summed E-state index contributed by atoms with van der Waals surface area (Å²) in [6, 6.07) is 12.1. The highest BCUT2D eigenvalue weighted by Gasteiger charge is 2.23. The Morgan fingerprint density at radius 3 is 2.56 bits per heavy atom. The van der Waals surface area contributed by atoms with Crippen LogP contribution in [0.2, 0.25) is 0 Å². The van der Waals surface area contributed by atoms with Gasteiger partial charge in [0.05, 0.1) is 18.4 Å². The molecule has 1 fully saturated rings. The third-order valence-electron chi connectivity index (χ3n) is 5.01. The van der Waals surface area contributed by atoms with Gasteiger partial charge in [-0.3, -0.25) is 4.79 Å². The molecule has 2 heterocycles. The van der Waals surface area contributed by atoms with Gasteiger partial charge in [-0.2, -0.15) is 0 Å². The number of carbonyl (C=O) groups excluding carboxylic acids is 1. The van der Waals surface area contributed by atoms with Crippen molar-refractivity contribution in [3.63, 3.8) is 0 Å². The topological polar surface area (TPSA) is 57.7 Å². The van der Waals surface area contributed by atoms with Crippen LogP contribution < -0.4 is 15.0 Å². The summed E-state index contributed by atoms with van der Waals surface area (Å²) in [5, 5.41) is 3.32. The maximum absolute atomic E-state index is 12.8. The Labute approximate surface area is 161 Å². The molecule has 1 aliphatic heterocycles. The second kappa shape index (κ2) is 8.75. The predicted molar refractivity (Wildman–Crippen MR) is 109 cm³/mol. The molecule has 1 saturated heterocycles. The number of rotatable bonds is 6. The molecule has 1 aromatic carbocycles. The monoisotopic (exact) mass is 368 g/mol. The number of amides is 1. The summed E-state index contributed by atoms with van der Waals surface area (Å²) in [6.07, 6.45) is 2.69. The number of hydrogen-bond donors (Lipinski definition) is 1. The van der Waals surface area contributed by atoms with Crippen molar-refractivity contribution >= 4 is 17.4 Å². The Kier molecular flexibility index (Phi) is 6.16. The number of methoxy groups -OCH3 is 1. The number of ether oxygens (including phenoxy) is 1. The molecule has 6 nitrogen and oxygen atoms in total. The molecular formula is C21H28N4O2. The minimum atomic E-state index is 0.0391. The quantitative estimate of drug-likeness (QED) is 0.848. The molecule has 0 aliphatic carbocycles. The smallest absolute Gasteiger partial charge is 0.255 e. The SMILES string of the molecule is CCC(C)Nc1ccc(C(=O)N2CCN(c3ccccc3OC)CC2)cn1. The molecule has 144 valence electrons. The van der Waals surface area contributed by atoms with Crippen LogP contribution in [-0.4, -0.2) is 55.1 Å². The number of aromatic nitrogens is 1. The summed E-state index contributed by atoms with van der Waals surface area (Å²) in [5.41, 5.74) is 1.71. The molecule has 27 heavy (non-hydrogen) atoms. The highest BCUT2D eigenvalue weighted by atomic mass is 16.5. The zero-order valence-corrected chi connectivity index (χ0v) is 16.3. The van der Waals surface area contributed by atoms with Gasteiger partial charge in [0.25, 0.3) is 5.91 Å². The van der Waals surface area contributed by atoms with Crippen molar-refractivity contribution in [1.82, 2.24) is 9.88 Å². The standard InChI is InChI=1S/C21H28N4O2/c1-4-16(2)23-20-10-9-17(15-22-20)21(26)25-13-11-24(12-14-25)18-7-5-6-8-19(18)27-3/h5-10,15-16H,4,11-14H2,1-3H3,(H,22,23). The van der Waals surface area contributed by atoms with Gasteiger partial charge >= 0.3 is 0 Å². The largest absolute Gasteiger partial charge is 0.495 e. The first-order valence-electron chi connectivity index (χ1n) is 9.52. The minimum absolute atomic E-state index is 0.0391. The van der Waals surface area contributed by atoms with Crippen LogP contribution in [-0.2, 0) is 0 Å². The van der Waals surface area contributed by atoms with E-state index in [4.69, 9.17) is 4.74 Å². The number of carbonyl (C=O) groups is 1. The van der Waals surface area contributed by atoms with E-state index in [1.807, 2.05) is 35.2 Å². The minimum Gasteiger partial charge on any atom is -0.495 e. The Morgan fingerprint density at radius 1 is 1.19 bits per heavy atom. The number of piperazine rings is 1. The van der Waals surface area contributed by atoms with E-state index in [1.54, 1.807) is 13.3 Å². The lowest BCUT2D eigenvalue weighted by Crippen LogP contribution is -2.48. The summed E-state index contributed by atoms with van der Waals surface area (Å²) in [5.74, 6) is 1.71. The number of nitrogens with one attached hydrogen (secondary N) is 1. The molecule has 1 aliphatic rings. The van der Waals surface area contributed by atoms with E-state index in [1.165, 1.54) is 0 Å². The summed E-state index contributed by atoms with van der Waals surface area (Å²) < 4.78 is 5.45. The Hall–Kier alpha value is -2.76. The maximum Gasteiger partial charge on any atom is 0.255 e. The molecule has 3 rings (SSSR count). The highest BCUT2D eigenvalue weighted by Crippen LogP contribution is 2.28. The molecule has 1 amide bonds. The molecule has 1 N–H and O–H groups in total. The fraction of sp³-hybridized carbons (Fsp3) is 0.429. The number of benzene rings is 1. The van der Waals surface area contributed by atoms with Gasteiger partial charge in [0.2, 0.25) is 0 Å². The molecule has 6 heteroatoms. The van der Waals surface area contributed by atoms with Gasteiger partial charge in [-0.1, -0.05) is 19.1 Å². The van der Waals surface area contributed by atoms with Crippen LogP contribution in [0.5, 0.6) is 5.75 Å². The number of para-hydroxylation sites is 2. The first-order valence-corrected chi connectivity index (χ1v) is 9.52.